The monoisotopic (exact) mass is 313 g/mol. The lowest BCUT2D eigenvalue weighted by molar-refractivity contribution is 0.184. The number of fused-ring (bicyclic) bond motifs is 1. The molecule has 0 atom stereocenters. The zero-order valence-corrected chi connectivity index (χ0v) is 13.9. The van der Waals surface area contributed by atoms with Crippen LogP contribution in [-0.2, 0) is 24.4 Å². The summed E-state index contributed by atoms with van der Waals surface area (Å²) >= 11 is 0. The van der Waals surface area contributed by atoms with Crippen LogP contribution in [0.4, 0.5) is 0 Å². The highest BCUT2D eigenvalue weighted by molar-refractivity contribution is 5.75. The smallest absolute Gasteiger partial charge is 0.122 e. The molecule has 0 spiro atoms. The molecule has 3 aromatic rings. The predicted octanol–water partition coefficient (Wildman–Crippen LogP) is 2.35. The Morgan fingerprint density at radius 2 is 2.17 bits per heavy atom. The number of aromatic nitrogens is 4. The Hall–Kier alpha value is -2.18. The summed E-state index contributed by atoms with van der Waals surface area (Å²) in [5.74, 6) is 2.01. The van der Waals surface area contributed by atoms with E-state index < -0.39 is 0 Å². The predicted molar refractivity (Wildman–Crippen MR) is 90.1 cm³/mol. The largest absolute Gasteiger partial charge is 0.383 e. The number of H-pyrrole nitrogens is 1. The van der Waals surface area contributed by atoms with Crippen LogP contribution in [0.1, 0.15) is 17.2 Å². The number of hydrogen-bond acceptors (Lipinski definition) is 4. The van der Waals surface area contributed by atoms with E-state index in [9.17, 15) is 0 Å². The van der Waals surface area contributed by atoms with Gasteiger partial charge in [-0.1, -0.05) is 6.07 Å². The van der Waals surface area contributed by atoms with Gasteiger partial charge < -0.3 is 14.3 Å². The number of benzene rings is 1. The van der Waals surface area contributed by atoms with Crippen LogP contribution >= 0.6 is 0 Å². The number of nitrogens with one attached hydrogen (secondary N) is 1. The van der Waals surface area contributed by atoms with Crippen molar-refractivity contribution in [1.82, 2.24) is 24.4 Å². The third-order valence-electron chi connectivity index (χ3n) is 3.86. The SMILES string of the molecule is COCCn1ccnc1CN(C)Cc1nc2ccc(C)cc2[nH]1. The summed E-state index contributed by atoms with van der Waals surface area (Å²) < 4.78 is 7.26. The van der Waals surface area contributed by atoms with Crippen LogP contribution in [0.3, 0.4) is 0 Å². The second-order valence-electron chi connectivity index (χ2n) is 5.91. The van der Waals surface area contributed by atoms with E-state index in [1.807, 2.05) is 12.4 Å². The molecule has 0 aliphatic heterocycles. The number of aryl methyl sites for hydroxylation is 1. The van der Waals surface area contributed by atoms with Crippen LogP contribution in [0.2, 0.25) is 0 Å². The molecular formula is C17H23N5O. The molecule has 0 bridgehead atoms. The van der Waals surface area contributed by atoms with Crippen LogP contribution in [0.25, 0.3) is 11.0 Å². The van der Waals surface area contributed by atoms with Crippen molar-refractivity contribution in [2.75, 3.05) is 20.8 Å². The lowest BCUT2D eigenvalue weighted by Gasteiger charge is -2.16. The van der Waals surface area contributed by atoms with Gasteiger partial charge in [-0.15, -0.1) is 0 Å². The van der Waals surface area contributed by atoms with Gasteiger partial charge in [0.05, 0.1) is 30.7 Å². The molecule has 1 N–H and O–H groups in total. The van der Waals surface area contributed by atoms with Gasteiger partial charge in [0, 0.05) is 26.0 Å². The van der Waals surface area contributed by atoms with Gasteiger partial charge >= 0.3 is 0 Å². The minimum atomic E-state index is 0.690. The van der Waals surface area contributed by atoms with Crippen molar-refractivity contribution in [2.24, 2.45) is 0 Å². The average molecular weight is 313 g/mol. The van der Waals surface area contributed by atoms with Crippen LogP contribution in [-0.4, -0.2) is 45.2 Å². The second-order valence-corrected chi connectivity index (χ2v) is 5.91. The number of hydrogen-bond donors (Lipinski definition) is 1. The summed E-state index contributed by atoms with van der Waals surface area (Å²) in [6, 6.07) is 6.27. The minimum absolute atomic E-state index is 0.690. The summed E-state index contributed by atoms with van der Waals surface area (Å²) in [4.78, 5) is 14.7. The normalized spacial score (nSPS) is 11.7. The second kappa shape index (κ2) is 6.93. The maximum Gasteiger partial charge on any atom is 0.122 e. The Kier molecular flexibility index (Phi) is 4.73. The van der Waals surface area contributed by atoms with E-state index >= 15 is 0 Å². The molecule has 2 heterocycles. The van der Waals surface area contributed by atoms with Crippen molar-refractivity contribution in [3.63, 3.8) is 0 Å². The summed E-state index contributed by atoms with van der Waals surface area (Å²) in [7, 11) is 3.79. The molecule has 0 aliphatic rings. The number of rotatable bonds is 7. The van der Waals surface area contributed by atoms with E-state index in [0.29, 0.717) is 6.61 Å². The molecule has 122 valence electrons. The Morgan fingerprint density at radius 3 is 3.00 bits per heavy atom. The van der Waals surface area contributed by atoms with Crippen molar-refractivity contribution in [3.8, 4) is 0 Å². The Bertz CT molecular complexity index is 776. The molecule has 0 aliphatic carbocycles. The van der Waals surface area contributed by atoms with Crippen LogP contribution in [0, 0.1) is 6.92 Å². The van der Waals surface area contributed by atoms with Crippen molar-refractivity contribution in [2.45, 2.75) is 26.6 Å². The summed E-state index contributed by atoms with van der Waals surface area (Å²) in [6.07, 6.45) is 3.83. The summed E-state index contributed by atoms with van der Waals surface area (Å²) in [6.45, 7) is 5.13. The quantitative estimate of drug-likeness (QED) is 0.727. The maximum absolute atomic E-state index is 5.14. The first-order valence-electron chi connectivity index (χ1n) is 7.78. The maximum atomic E-state index is 5.14. The zero-order chi connectivity index (χ0) is 16.2. The van der Waals surface area contributed by atoms with Crippen LogP contribution in [0.5, 0.6) is 0 Å². The Balaban J connectivity index is 1.66. The number of aromatic amines is 1. The molecule has 0 fully saturated rings. The van der Waals surface area contributed by atoms with E-state index in [2.05, 4.69) is 56.6 Å². The van der Waals surface area contributed by atoms with Gasteiger partial charge in [-0.05, 0) is 31.7 Å². The van der Waals surface area contributed by atoms with E-state index in [1.54, 1.807) is 7.11 Å². The molecule has 0 radical (unpaired) electrons. The first kappa shape index (κ1) is 15.7. The molecule has 1 aromatic carbocycles. The average Bonchev–Trinajstić information content (AvgIpc) is 3.10. The van der Waals surface area contributed by atoms with Crippen molar-refractivity contribution in [1.29, 1.82) is 0 Å². The van der Waals surface area contributed by atoms with E-state index in [4.69, 9.17) is 4.74 Å². The van der Waals surface area contributed by atoms with Crippen LogP contribution < -0.4 is 0 Å². The number of nitrogens with zero attached hydrogens (tertiary/aromatic N) is 4. The zero-order valence-electron chi connectivity index (χ0n) is 13.9. The van der Waals surface area contributed by atoms with Crippen molar-refractivity contribution < 1.29 is 4.74 Å². The third-order valence-corrected chi connectivity index (χ3v) is 3.86. The standard InChI is InChI=1S/C17H23N5O/c1-13-4-5-14-15(10-13)20-16(19-14)11-21(2)12-17-18-6-7-22(17)8-9-23-3/h4-7,10H,8-9,11-12H2,1-3H3,(H,19,20). The van der Waals surface area contributed by atoms with E-state index in [-0.39, 0.29) is 0 Å². The van der Waals surface area contributed by atoms with E-state index in [1.165, 1.54) is 5.56 Å². The fourth-order valence-corrected chi connectivity index (χ4v) is 2.69. The van der Waals surface area contributed by atoms with Gasteiger partial charge in [-0.3, -0.25) is 4.90 Å². The fraction of sp³-hybridized carbons (Fsp3) is 0.412. The number of imidazole rings is 2. The molecule has 3 rings (SSSR count). The van der Waals surface area contributed by atoms with Gasteiger partial charge in [-0.25, -0.2) is 9.97 Å². The molecular weight excluding hydrogens is 290 g/mol. The van der Waals surface area contributed by atoms with Crippen molar-refractivity contribution in [3.05, 3.63) is 47.8 Å². The van der Waals surface area contributed by atoms with Crippen molar-refractivity contribution >= 4 is 11.0 Å². The topological polar surface area (TPSA) is 59.0 Å². The van der Waals surface area contributed by atoms with Crippen LogP contribution in [0.15, 0.2) is 30.6 Å². The molecule has 6 nitrogen and oxygen atoms in total. The van der Waals surface area contributed by atoms with Gasteiger partial charge in [0.15, 0.2) is 0 Å². The first-order chi connectivity index (χ1) is 11.2. The molecule has 23 heavy (non-hydrogen) atoms. The highest BCUT2D eigenvalue weighted by atomic mass is 16.5. The lowest BCUT2D eigenvalue weighted by Crippen LogP contribution is -2.21. The van der Waals surface area contributed by atoms with E-state index in [0.717, 1.165) is 42.3 Å². The fourth-order valence-electron chi connectivity index (χ4n) is 2.69. The molecule has 0 saturated heterocycles. The molecule has 2 aromatic heterocycles. The van der Waals surface area contributed by atoms with Gasteiger partial charge in [-0.2, -0.15) is 0 Å². The number of ether oxygens (including phenoxy) is 1. The summed E-state index contributed by atoms with van der Waals surface area (Å²) in [5.41, 5.74) is 3.34. The Morgan fingerprint density at radius 1 is 1.30 bits per heavy atom. The lowest BCUT2D eigenvalue weighted by atomic mass is 10.2. The molecule has 0 amide bonds. The Labute approximate surface area is 136 Å². The first-order valence-corrected chi connectivity index (χ1v) is 7.78. The summed E-state index contributed by atoms with van der Waals surface area (Å²) in [5, 5.41) is 0. The van der Waals surface area contributed by atoms with Gasteiger partial charge in [0.25, 0.3) is 0 Å². The van der Waals surface area contributed by atoms with Gasteiger partial charge in [0.1, 0.15) is 11.6 Å². The highest BCUT2D eigenvalue weighted by Crippen LogP contribution is 2.14. The van der Waals surface area contributed by atoms with Gasteiger partial charge in [0.2, 0.25) is 0 Å². The molecule has 0 saturated carbocycles. The molecule has 6 heteroatoms. The minimum Gasteiger partial charge on any atom is -0.383 e. The number of methoxy groups -OCH3 is 1. The molecule has 0 unspecified atom stereocenters. The third kappa shape index (κ3) is 3.78. The highest BCUT2D eigenvalue weighted by Gasteiger charge is 2.10.